The van der Waals surface area contributed by atoms with E-state index in [4.69, 9.17) is 5.11 Å². The van der Waals surface area contributed by atoms with E-state index in [1.54, 1.807) is 27.7 Å². The van der Waals surface area contributed by atoms with Gasteiger partial charge in [-0.1, -0.05) is 0 Å². The molecule has 0 bridgehead atoms. The molecule has 0 atom stereocenters. The molecule has 0 spiro atoms. The Morgan fingerprint density at radius 2 is 1.26 bits per heavy atom. The Balaban J connectivity index is 4.72. The third-order valence-corrected chi connectivity index (χ3v) is 2.20. The van der Waals surface area contributed by atoms with E-state index in [0.29, 0.717) is 0 Å². The largest absolute Gasteiger partial charge is 0.479 e. The number of carboxylic acid groups (broad SMARTS) is 1. The van der Waals surface area contributed by atoms with Crippen molar-refractivity contribution >= 4 is 17.8 Å². The maximum atomic E-state index is 11.5. The second-order valence-electron chi connectivity index (χ2n) is 5.13. The Kier molecular flexibility index (Phi) is 6.47. The van der Waals surface area contributed by atoms with E-state index >= 15 is 0 Å². The summed E-state index contributed by atoms with van der Waals surface area (Å²) in [5, 5.41) is 23.9. The predicted octanol–water partition coefficient (Wildman–Crippen LogP) is -0.368. The van der Waals surface area contributed by atoms with E-state index in [2.05, 4.69) is 10.6 Å². The minimum Gasteiger partial charge on any atom is -0.479 e. The van der Waals surface area contributed by atoms with Crippen LogP contribution in [0.1, 0.15) is 40.5 Å². The average Bonchev–Trinajstić information content (AvgIpc) is 2.12. The van der Waals surface area contributed by atoms with Gasteiger partial charge >= 0.3 is 5.97 Å². The molecule has 0 heterocycles. The zero-order valence-corrected chi connectivity index (χ0v) is 11.7. The summed E-state index contributed by atoms with van der Waals surface area (Å²) < 4.78 is 0. The van der Waals surface area contributed by atoms with Crippen LogP contribution in [0.15, 0.2) is 0 Å². The second kappa shape index (κ2) is 7.08. The first kappa shape index (κ1) is 17.4. The number of carboxylic acids is 1. The van der Waals surface area contributed by atoms with Crippen molar-refractivity contribution in [1.82, 2.24) is 10.6 Å². The average molecular weight is 274 g/mol. The maximum Gasteiger partial charge on any atom is 0.336 e. The van der Waals surface area contributed by atoms with Crippen LogP contribution in [0.4, 0.5) is 0 Å². The van der Waals surface area contributed by atoms with Crippen molar-refractivity contribution in [1.29, 1.82) is 0 Å². The van der Waals surface area contributed by atoms with E-state index in [1.807, 2.05) is 0 Å². The third kappa shape index (κ3) is 6.76. The molecule has 0 saturated heterocycles. The molecule has 0 aliphatic rings. The van der Waals surface area contributed by atoms with Gasteiger partial charge in [-0.05, 0) is 27.7 Å². The first-order valence-electron chi connectivity index (χ1n) is 6.11. The van der Waals surface area contributed by atoms with E-state index in [9.17, 15) is 19.5 Å². The van der Waals surface area contributed by atoms with Crippen LogP contribution in [0.5, 0.6) is 0 Å². The Labute approximate surface area is 112 Å². The number of nitrogens with one attached hydrogen (secondary N) is 2. The molecule has 110 valence electrons. The van der Waals surface area contributed by atoms with Crippen LogP contribution in [-0.4, -0.2) is 45.7 Å². The number of carbonyl (C=O) groups is 3. The molecule has 4 N–H and O–H groups in total. The lowest BCUT2D eigenvalue weighted by Crippen LogP contribution is -2.48. The van der Waals surface area contributed by atoms with Crippen molar-refractivity contribution < 1.29 is 24.6 Å². The summed E-state index contributed by atoms with van der Waals surface area (Å²) in [6, 6.07) is -0.343. The van der Waals surface area contributed by atoms with Crippen molar-refractivity contribution in [3.63, 3.8) is 0 Å². The van der Waals surface area contributed by atoms with Gasteiger partial charge in [0, 0.05) is 12.1 Å². The number of hydrogen-bond donors (Lipinski definition) is 4. The Bertz CT molecular complexity index is 328. The van der Waals surface area contributed by atoms with Crippen molar-refractivity contribution in [2.45, 2.75) is 58.2 Å². The van der Waals surface area contributed by atoms with E-state index < -0.39 is 36.2 Å². The van der Waals surface area contributed by atoms with Gasteiger partial charge in [-0.2, -0.15) is 0 Å². The molecule has 0 saturated carbocycles. The van der Waals surface area contributed by atoms with Crippen LogP contribution in [0.2, 0.25) is 0 Å². The molecule has 0 fully saturated rings. The van der Waals surface area contributed by atoms with E-state index in [1.165, 1.54) is 0 Å². The van der Waals surface area contributed by atoms with Crippen molar-refractivity contribution in [2.24, 2.45) is 0 Å². The van der Waals surface area contributed by atoms with Gasteiger partial charge in [-0.3, -0.25) is 9.59 Å². The molecule has 0 aromatic heterocycles. The number of amides is 2. The van der Waals surface area contributed by atoms with Crippen LogP contribution < -0.4 is 10.6 Å². The van der Waals surface area contributed by atoms with Gasteiger partial charge < -0.3 is 20.8 Å². The van der Waals surface area contributed by atoms with Gasteiger partial charge in [0.15, 0.2) is 5.60 Å². The summed E-state index contributed by atoms with van der Waals surface area (Å²) >= 11 is 0. The second-order valence-corrected chi connectivity index (χ2v) is 5.13. The number of rotatable bonds is 7. The first-order chi connectivity index (χ1) is 8.56. The van der Waals surface area contributed by atoms with Crippen LogP contribution in [0.3, 0.4) is 0 Å². The standard InChI is InChI=1S/C12H22N2O5/c1-7(2)13-9(15)5-12(19,11(17)18)6-10(16)14-8(3)4/h7-8,19H,5-6H2,1-4H3,(H,13,15)(H,14,16)(H,17,18). The molecule has 0 radical (unpaired) electrons. The zero-order valence-electron chi connectivity index (χ0n) is 11.7. The summed E-state index contributed by atoms with van der Waals surface area (Å²) in [7, 11) is 0. The topological polar surface area (TPSA) is 116 Å². The molecule has 0 aliphatic heterocycles. The quantitative estimate of drug-likeness (QED) is 0.505. The molecule has 0 aliphatic carbocycles. The summed E-state index contributed by atoms with van der Waals surface area (Å²) in [4.78, 5) is 34.1. The minimum atomic E-state index is -2.39. The smallest absolute Gasteiger partial charge is 0.336 e. The Morgan fingerprint density at radius 3 is 1.47 bits per heavy atom. The Morgan fingerprint density at radius 1 is 0.947 bits per heavy atom. The Hall–Kier alpha value is -1.63. The molecule has 7 nitrogen and oxygen atoms in total. The SMILES string of the molecule is CC(C)NC(=O)CC(O)(CC(=O)NC(C)C)C(=O)O. The third-order valence-electron chi connectivity index (χ3n) is 2.20. The van der Waals surface area contributed by atoms with Crippen molar-refractivity contribution in [3.8, 4) is 0 Å². The van der Waals surface area contributed by atoms with E-state index in [-0.39, 0.29) is 12.1 Å². The van der Waals surface area contributed by atoms with Gasteiger partial charge in [0.1, 0.15) is 0 Å². The van der Waals surface area contributed by atoms with Crippen LogP contribution in [0.25, 0.3) is 0 Å². The molecule has 19 heavy (non-hydrogen) atoms. The lowest BCUT2D eigenvalue weighted by molar-refractivity contribution is -0.164. The van der Waals surface area contributed by atoms with Crippen LogP contribution >= 0.6 is 0 Å². The van der Waals surface area contributed by atoms with Gasteiger partial charge in [0.05, 0.1) is 12.8 Å². The number of carbonyl (C=O) groups excluding carboxylic acids is 2. The number of aliphatic carboxylic acids is 1. The molecule has 7 heteroatoms. The minimum absolute atomic E-state index is 0.171. The maximum absolute atomic E-state index is 11.5. The first-order valence-corrected chi connectivity index (χ1v) is 6.11. The summed E-state index contributed by atoms with van der Waals surface area (Å²) in [5.74, 6) is -2.82. The van der Waals surface area contributed by atoms with Gasteiger partial charge in [0.25, 0.3) is 0 Å². The van der Waals surface area contributed by atoms with E-state index in [0.717, 1.165) is 0 Å². The lowest BCUT2D eigenvalue weighted by Gasteiger charge is -2.23. The van der Waals surface area contributed by atoms with Crippen molar-refractivity contribution in [2.75, 3.05) is 0 Å². The number of hydrogen-bond acceptors (Lipinski definition) is 4. The van der Waals surface area contributed by atoms with Crippen molar-refractivity contribution in [3.05, 3.63) is 0 Å². The molecule has 0 aromatic rings. The lowest BCUT2D eigenvalue weighted by atomic mass is 9.94. The van der Waals surface area contributed by atoms with Gasteiger partial charge in [-0.15, -0.1) is 0 Å². The highest BCUT2D eigenvalue weighted by molar-refractivity contribution is 5.91. The fraction of sp³-hybridized carbons (Fsp3) is 0.750. The van der Waals surface area contributed by atoms with Gasteiger partial charge in [0.2, 0.25) is 11.8 Å². The normalized spacial score (nSPS) is 11.5. The summed E-state index contributed by atoms with van der Waals surface area (Å²) in [5.41, 5.74) is -2.39. The zero-order chi connectivity index (χ0) is 15.2. The highest BCUT2D eigenvalue weighted by Gasteiger charge is 2.40. The molecule has 0 rings (SSSR count). The fourth-order valence-corrected chi connectivity index (χ4v) is 1.49. The summed E-state index contributed by atoms with van der Waals surface area (Å²) in [6.07, 6.45) is -1.32. The molecule has 2 amide bonds. The summed E-state index contributed by atoms with van der Waals surface area (Å²) in [6.45, 7) is 6.85. The fourth-order valence-electron chi connectivity index (χ4n) is 1.49. The molecular formula is C12H22N2O5. The molecular weight excluding hydrogens is 252 g/mol. The number of aliphatic hydroxyl groups is 1. The monoisotopic (exact) mass is 274 g/mol. The van der Waals surface area contributed by atoms with Crippen LogP contribution in [0, 0.1) is 0 Å². The van der Waals surface area contributed by atoms with Gasteiger partial charge in [-0.25, -0.2) is 4.79 Å². The highest BCUT2D eigenvalue weighted by atomic mass is 16.4. The highest BCUT2D eigenvalue weighted by Crippen LogP contribution is 2.16. The predicted molar refractivity (Wildman–Crippen MR) is 68.4 cm³/mol. The molecule has 0 aromatic carbocycles. The van der Waals surface area contributed by atoms with Crippen LogP contribution in [-0.2, 0) is 14.4 Å². The molecule has 0 unspecified atom stereocenters.